The van der Waals surface area contributed by atoms with E-state index in [-0.39, 0.29) is 12.0 Å². The first-order valence-corrected chi connectivity index (χ1v) is 6.57. The predicted octanol–water partition coefficient (Wildman–Crippen LogP) is 1.15. The van der Waals surface area contributed by atoms with E-state index in [0.717, 1.165) is 44.7 Å². The lowest BCUT2D eigenvalue weighted by atomic mass is 9.60. The van der Waals surface area contributed by atoms with Crippen LogP contribution in [0.3, 0.4) is 0 Å². The average molecular weight is 227 g/mol. The molecule has 2 rings (SSSR count). The molecule has 1 saturated heterocycles. The van der Waals surface area contributed by atoms with Crippen LogP contribution in [0.25, 0.3) is 0 Å². The molecular formula is C13H25NO2. The van der Waals surface area contributed by atoms with E-state index in [9.17, 15) is 10.2 Å². The van der Waals surface area contributed by atoms with Crippen LogP contribution in [0.1, 0.15) is 39.5 Å². The van der Waals surface area contributed by atoms with Crippen LogP contribution in [-0.4, -0.2) is 35.5 Å². The first kappa shape index (κ1) is 12.3. The molecule has 0 spiro atoms. The number of hydrogen-bond acceptors (Lipinski definition) is 3. The molecule has 3 heteroatoms. The topological polar surface area (TPSA) is 52.5 Å². The van der Waals surface area contributed by atoms with E-state index in [1.807, 2.05) is 0 Å². The molecule has 1 saturated carbocycles. The number of nitrogens with one attached hydrogen (secondary N) is 1. The van der Waals surface area contributed by atoms with Crippen molar-refractivity contribution in [3.63, 3.8) is 0 Å². The Morgan fingerprint density at radius 1 is 1.25 bits per heavy atom. The van der Waals surface area contributed by atoms with Crippen molar-refractivity contribution in [3.8, 4) is 0 Å². The summed E-state index contributed by atoms with van der Waals surface area (Å²) in [5, 5.41) is 23.5. The van der Waals surface area contributed by atoms with Crippen molar-refractivity contribution in [2.24, 2.45) is 17.3 Å². The molecule has 0 amide bonds. The molecule has 0 bridgehead atoms. The van der Waals surface area contributed by atoms with E-state index in [1.165, 1.54) is 0 Å². The molecule has 3 N–H and O–H groups in total. The molecule has 94 valence electrons. The Morgan fingerprint density at radius 3 is 2.12 bits per heavy atom. The van der Waals surface area contributed by atoms with Crippen LogP contribution in [0.15, 0.2) is 0 Å². The largest absolute Gasteiger partial charge is 0.396 e. The molecule has 3 nitrogen and oxygen atoms in total. The van der Waals surface area contributed by atoms with Gasteiger partial charge in [-0.15, -0.1) is 0 Å². The zero-order chi connectivity index (χ0) is 11.8. The second kappa shape index (κ2) is 4.28. The highest BCUT2D eigenvalue weighted by molar-refractivity contribution is 5.08. The Bertz CT molecular complexity index is 235. The van der Waals surface area contributed by atoms with Crippen molar-refractivity contribution < 1.29 is 10.2 Å². The molecule has 0 aromatic rings. The van der Waals surface area contributed by atoms with Crippen LogP contribution in [-0.2, 0) is 0 Å². The van der Waals surface area contributed by atoms with Gasteiger partial charge in [-0.2, -0.15) is 0 Å². The third-order valence-electron chi connectivity index (χ3n) is 5.02. The highest BCUT2D eigenvalue weighted by Gasteiger charge is 2.54. The van der Waals surface area contributed by atoms with Gasteiger partial charge in [0.2, 0.25) is 0 Å². The number of hydrogen-bond donors (Lipinski definition) is 3. The second-order valence-electron chi connectivity index (χ2n) is 6.16. The van der Waals surface area contributed by atoms with E-state index < -0.39 is 5.60 Å². The Labute approximate surface area is 98.2 Å². The van der Waals surface area contributed by atoms with Crippen LogP contribution >= 0.6 is 0 Å². The maximum atomic E-state index is 10.7. The first-order valence-electron chi connectivity index (χ1n) is 6.57. The molecule has 2 fully saturated rings. The minimum atomic E-state index is -0.627. The maximum Gasteiger partial charge on any atom is 0.0750 e. The average Bonchev–Trinajstić information content (AvgIpc) is 2.17. The van der Waals surface area contributed by atoms with Crippen molar-refractivity contribution in [2.45, 2.75) is 45.1 Å². The van der Waals surface area contributed by atoms with Crippen molar-refractivity contribution in [3.05, 3.63) is 0 Å². The zero-order valence-corrected chi connectivity index (χ0v) is 10.5. The summed E-state index contributed by atoms with van der Waals surface area (Å²) in [6, 6.07) is 0. The molecule has 1 aliphatic heterocycles. The van der Waals surface area contributed by atoms with Gasteiger partial charge in [0.05, 0.1) is 12.2 Å². The summed E-state index contributed by atoms with van der Waals surface area (Å²) in [5.41, 5.74) is -0.882. The highest BCUT2D eigenvalue weighted by Crippen LogP contribution is 2.47. The zero-order valence-electron chi connectivity index (χ0n) is 10.5. The van der Waals surface area contributed by atoms with Crippen LogP contribution in [0.5, 0.6) is 0 Å². The standard InChI is InChI=1S/C13H25NO2/c1-10(2)11-3-5-13(16,6-4-11)12(9-15)7-14-8-12/h10-11,14-16H,3-9H2,1-2H3. The molecule has 0 aromatic heterocycles. The van der Waals surface area contributed by atoms with Crippen molar-refractivity contribution in [2.75, 3.05) is 19.7 Å². The molecule has 2 aliphatic rings. The summed E-state index contributed by atoms with van der Waals surface area (Å²) in [7, 11) is 0. The number of aliphatic hydroxyl groups is 2. The fourth-order valence-electron chi connectivity index (χ4n) is 3.33. The van der Waals surface area contributed by atoms with E-state index in [1.54, 1.807) is 0 Å². The van der Waals surface area contributed by atoms with Gasteiger partial charge in [0.25, 0.3) is 0 Å². The normalized spacial score (nSPS) is 38.4. The van der Waals surface area contributed by atoms with Crippen LogP contribution in [0, 0.1) is 17.3 Å². The van der Waals surface area contributed by atoms with Crippen molar-refractivity contribution in [1.29, 1.82) is 0 Å². The summed E-state index contributed by atoms with van der Waals surface area (Å²) in [5.74, 6) is 1.47. The molecular weight excluding hydrogens is 202 g/mol. The van der Waals surface area contributed by atoms with Crippen molar-refractivity contribution in [1.82, 2.24) is 5.32 Å². The predicted molar refractivity (Wildman–Crippen MR) is 64.1 cm³/mol. The van der Waals surface area contributed by atoms with Gasteiger partial charge in [-0.25, -0.2) is 0 Å². The lowest BCUT2D eigenvalue weighted by Gasteiger charge is -2.55. The van der Waals surface area contributed by atoms with E-state index >= 15 is 0 Å². The molecule has 0 unspecified atom stereocenters. The lowest BCUT2D eigenvalue weighted by Crippen LogP contribution is -2.68. The molecule has 0 aromatic carbocycles. The third kappa shape index (κ3) is 1.79. The third-order valence-corrected chi connectivity index (χ3v) is 5.02. The Morgan fingerprint density at radius 2 is 1.81 bits per heavy atom. The monoisotopic (exact) mass is 227 g/mol. The SMILES string of the molecule is CC(C)C1CCC(O)(C2(CO)CNC2)CC1. The van der Waals surface area contributed by atoms with Gasteiger partial charge < -0.3 is 15.5 Å². The van der Waals surface area contributed by atoms with E-state index in [0.29, 0.717) is 5.92 Å². The summed E-state index contributed by atoms with van der Waals surface area (Å²) in [6.45, 7) is 6.19. The van der Waals surface area contributed by atoms with Gasteiger partial charge in [0.15, 0.2) is 0 Å². The minimum Gasteiger partial charge on any atom is -0.396 e. The highest BCUT2D eigenvalue weighted by atomic mass is 16.3. The molecule has 0 atom stereocenters. The first-order chi connectivity index (χ1) is 7.53. The molecule has 1 heterocycles. The molecule has 0 radical (unpaired) electrons. The maximum absolute atomic E-state index is 10.7. The van der Waals surface area contributed by atoms with Gasteiger partial charge in [-0.1, -0.05) is 13.8 Å². The summed E-state index contributed by atoms with van der Waals surface area (Å²) in [6.07, 6.45) is 3.93. The van der Waals surface area contributed by atoms with E-state index in [4.69, 9.17) is 0 Å². The fraction of sp³-hybridized carbons (Fsp3) is 1.00. The van der Waals surface area contributed by atoms with Crippen molar-refractivity contribution >= 4 is 0 Å². The van der Waals surface area contributed by atoms with Crippen LogP contribution < -0.4 is 5.32 Å². The summed E-state index contributed by atoms with van der Waals surface area (Å²) < 4.78 is 0. The summed E-state index contributed by atoms with van der Waals surface area (Å²) in [4.78, 5) is 0. The van der Waals surface area contributed by atoms with Gasteiger partial charge in [-0.05, 0) is 37.5 Å². The number of aliphatic hydroxyl groups excluding tert-OH is 1. The summed E-state index contributed by atoms with van der Waals surface area (Å²) >= 11 is 0. The van der Waals surface area contributed by atoms with Gasteiger partial charge >= 0.3 is 0 Å². The Hall–Kier alpha value is -0.120. The van der Waals surface area contributed by atoms with Gasteiger partial charge in [0.1, 0.15) is 0 Å². The van der Waals surface area contributed by atoms with E-state index in [2.05, 4.69) is 19.2 Å². The molecule has 1 aliphatic carbocycles. The Balaban J connectivity index is 2.00. The molecule has 16 heavy (non-hydrogen) atoms. The fourth-order valence-corrected chi connectivity index (χ4v) is 3.33. The van der Waals surface area contributed by atoms with Crippen LogP contribution in [0.4, 0.5) is 0 Å². The van der Waals surface area contributed by atoms with Gasteiger partial charge in [-0.3, -0.25) is 0 Å². The lowest BCUT2D eigenvalue weighted by molar-refractivity contribution is -0.160. The quantitative estimate of drug-likeness (QED) is 0.678. The smallest absolute Gasteiger partial charge is 0.0750 e. The van der Waals surface area contributed by atoms with Gasteiger partial charge in [0, 0.05) is 18.5 Å². The second-order valence-corrected chi connectivity index (χ2v) is 6.16. The number of rotatable bonds is 3. The minimum absolute atomic E-state index is 0.114. The Kier molecular flexibility index (Phi) is 3.30. The van der Waals surface area contributed by atoms with Crippen LogP contribution in [0.2, 0.25) is 0 Å².